The van der Waals surface area contributed by atoms with Crippen LogP contribution in [-0.2, 0) is 11.3 Å². The average molecular weight is 321 g/mol. The summed E-state index contributed by atoms with van der Waals surface area (Å²) in [6.45, 7) is 1.03. The van der Waals surface area contributed by atoms with Crippen molar-refractivity contribution in [2.75, 3.05) is 6.61 Å². The van der Waals surface area contributed by atoms with E-state index in [-0.39, 0.29) is 12.1 Å². The van der Waals surface area contributed by atoms with Gasteiger partial charge in [-0.05, 0) is 37.0 Å². The molecule has 1 aromatic carbocycles. The fourth-order valence-electron chi connectivity index (χ4n) is 2.87. The molecule has 5 nitrogen and oxygen atoms in total. The van der Waals surface area contributed by atoms with Crippen molar-refractivity contribution in [2.24, 2.45) is 0 Å². The molecule has 4 rings (SSSR count). The van der Waals surface area contributed by atoms with Gasteiger partial charge in [-0.1, -0.05) is 11.2 Å². The third-order valence-corrected chi connectivity index (χ3v) is 4.30. The Morgan fingerprint density at radius 1 is 1.17 bits per heavy atom. The highest BCUT2D eigenvalue weighted by Crippen LogP contribution is 2.38. The lowest BCUT2D eigenvalue weighted by Crippen LogP contribution is -2.31. The molecule has 1 N–H and O–H groups in total. The van der Waals surface area contributed by atoms with Gasteiger partial charge in [0.2, 0.25) is 5.89 Å². The molecule has 0 bridgehead atoms. The zero-order chi connectivity index (χ0) is 15.8. The van der Waals surface area contributed by atoms with Gasteiger partial charge >= 0.3 is 0 Å². The van der Waals surface area contributed by atoms with E-state index >= 15 is 0 Å². The molecule has 2 aromatic rings. The molecule has 1 saturated heterocycles. The Morgan fingerprint density at radius 2 is 2.04 bits per heavy atom. The molecule has 0 radical (unpaired) electrons. The van der Waals surface area contributed by atoms with E-state index in [0.717, 1.165) is 25.3 Å². The number of ether oxygens (including phenoxy) is 1. The van der Waals surface area contributed by atoms with E-state index in [2.05, 4.69) is 15.5 Å². The van der Waals surface area contributed by atoms with Crippen LogP contribution in [0.1, 0.15) is 48.6 Å². The molecule has 23 heavy (non-hydrogen) atoms. The van der Waals surface area contributed by atoms with E-state index in [4.69, 9.17) is 9.26 Å². The highest BCUT2D eigenvalue weighted by Gasteiger charge is 2.32. The molecule has 0 spiro atoms. The molecule has 2 fully saturated rings. The van der Waals surface area contributed by atoms with Gasteiger partial charge in [-0.15, -0.1) is 0 Å². The lowest BCUT2D eigenvalue weighted by molar-refractivity contribution is 0.0979. The number of halogens is 2. The molecule has 2 aliphatic rings. The van der Waals surface area contributed by atoms with Gasteiger partial charge in [-0.25, -0.2) is 8.78 Å². The summed E-state index contributed by atoms with van der Waals surface area (Å²) in [5.74, 6) is 0.0464. The van der Waals surface area contributed by atoms with Crippen molar-refractivity contribution in [1.82, 2.24) is 15.5 Å². The topological polar surface area (TPSA) is 60.2 Å². The van der Waals surface area contributed by atoms with Crippen LogP contribution in [0.2, 0.25) is 0 Å². The SMILES string of the molecule is Fc1ccc([C@H]2OCC[C@H]2NCc2noc(C3CC3)n2)cc1F. The van der Waals surface area contributed by atoms with Crippen molar-refractivity contribution in [1.29, 1.82) is 0 Å². The van der Waals surface area contributed by atoms with Crippen molar-refractivity contribution < 1.29 is 18.0 Å². The Balaban J connectivity index is 1.41. The first kappa shape index (κ1) is 14.7. The molecule has 1 aliphatic carbocycles. The maximum Gasteiger partial charge on any atom is 0.229 e. The predicted molar refractivity (Wildman–Crippen MR) is 76.6 cm³/mol. The van der Waals surface area contributed by atoms with Crippen molar-refractivity contribution >= 4 is 0 Å². The minimum atomic E-state index is -0.857. The molecule has 1 aliphatic heterocycles. The lowest BCUT2D eigenvalue weighted by Gasteiger charge is -2.19. The van der Waals surface area contributed by atoms with Crippen LogP contribution in [0.4, 0.5) is 8.78 Å². The summed E-state index contributed by atoms with van der Waals surface area (Å²) in [5.41, 5.74) is 0.630. The number of aromatic nitrogens is 2. The third-order valence-electron chi connectivity index (χ3n) is 4.30. The van der Waals surface area contributed by atoms with Crippen molar-refractivity contribution in [3.05, 3.63) is 47.1 Å². The van der Waals surface area contributed by atoms with Gasteiger partial charge in [0.15, 0.2) is 17.5 Å². The van der Waals surface area contributed by atoms with Crippen LogP contribution in [0.15, 0.2) is 22.7 Å². The molecule has 0 unspecified atom stereocenters. The van der Waals surface area contributed by atoms with Crippen molar-refractivity contribution in [2.45, 2.75) is 43.9 Å². The zero-order valence-corrected chi connectivity index (χ0v) is 12.5. The minimum Gasteiger partial charge on any atom is -0.372 e. The van der Waals surface area contributed by atoms with Gasteiger partial charge in [0.05, 0.1) is 12.6 Å². The summed E-state index contributed by atoms with van der Waals surface area (Å²) in [5, 5.41) is 7.29. The Morgan fingerprint density at radius 3 is 2.83 bits per heavy atom. The van der Waals surface area contributed by atoms with Gasteiger partial charge in [-0.3, -0.25) is 0 Å². The Hall–Kier alpha value is -1.86. The molecule has 0 amide bonds. The first-order chi connectivity index (χ1) is 11.2. The molecular formula is C16H17F2N3O2. The first-order valence-electron chi connectivity index (χ1n) is 7.83. The summed E-state index contributed by atoms with van der Waals surface area (Å²) in [6.07, 6.45) is 2.71. The number of rotatable bonds is 5. The van der Waals surface area contributed by atoms with Gasteiger partial charge in [-0.2, -0.15) is 4.98 Å². The van der Waals surface area contributed by atoms with Crippen molar-refractivity contribution in [3.8, 4) is 0 Å². The smallest absolute Gasteiger partial charge is 0.229 e. The van der Waals surface area contributed by atoms with Gasteiger partial charge in [0.25, 0.3) is 0 Å². The average Bonchev–Trinajstić information content (AvgIpc) is 3.10. The fourth-order valence-corrected chi connectivity index (χ4v) is 2.87. The van der Waals surface area contributed by atoms with E-state index in [9.17, 15) is 8.78 Å². The number of hydrogen-bond donors (Lipinski definition) is 1. The molecule has 7 heteroatoms. The lowest BCUT2D eigenvalue weighted by atomic mass is 10.0. The van der Waals surface area contributed by atoms with Crippen LogP contribution in [0.3, 0.4) is 0 Å². The van der Waals surface area contributed by atoms with E-state index in [0.29, 0.717) is 36.3 Å². The maximum atomic E-state index is 13.4. The van der Waals surface area contributed by atoms with E-state index in [1.165, 1.54) is 6.07 Å². The van der Waals surface area contributed by atoms with Crippen LogP contribution in [0, 0.1) is 11.6 Å². The van der Waals surface area contributed by atoms with E-state index in [1.807, 2.05) is 0 Å². The zero-order valence-electron chi connectivity index (χ0n) is 12.5. The number of nitrogens with one attached hydrogen (secondary N) is 1. The second kappa shape index (κ2) is 5.98. The second-order valence-electron chi connectivity index (χ2n) is 6.06. The standard InChI is InChI=1S/C16H17F2N3O2/c17-11-4-3-10(7-12(11)18)15-13(5-6-22-15)19-8-14-20-16(23-21-14)9-1-2-9/h3-4,7,9,13,15,19H,1-2,5-6,8H2/t13-,15-/m1/s1. The molecule has 122 valence electrons. The van der Waals surface area contributed by atoms with Gasteiger partial charge < -0.3 is 14.6 Å². The quantitative estimate of drug-likeness (QED) is 0.917. The van der Waals surface area contributed by atoms with E-state index < -0.39 is 11.6 Å². The normalized spacial score (nSPS) is 24.3. The highest BCUT2D eigenvalue weighted by molar-refractivity contribution is 5.22. The summed E-state index contributed by atoms with van der Waals surface area (Å²) in [6, 6.07) is 3.88. The Labute approximate surface area is 132 Å². The number of nitrogens with zero attached hydrogens (tertiary/aromatic N) is 2. The van der Waals surface area contributed by atoms with Crippen LogP contribution in [0.5, 0.6) is 0 Å². The summed E-state index contributed by atoms with van der Waals surface area (Å²) < 4.78 is 37.4. The van der Waals surface area contributed by atoms with Crippen LogP contribution >= 0.6 is 0 Å². The largest absolute Gasteiger partial charge is 0.372 e. The molecule has 1 aromatic heterocycles. The summed E-state index contributed by atoms with van der Waals surface area (Å²) in [4.78, 5) is 4.37. The highest BCUT2D eigenvalue weighted by atomic mass is 19.2. The predicted octanol–water partition coefficient (Wildman–Crippen LogP) is 2.85. The second-order valence-corrected chi connectivity index (χ2v) is 6.06. The summed E-state index contributed by atoms with van der Waals surface area (Å²) in [7, 11) is 0. The molecule has 2 atom stereocenters. The fraction of sp³-hybridized carbons (Fsp3) is 0.500. The van der Waals surface area contributed by atoms with Crippen molar-refractivity contribution in [3.63, 3.8) is 0 Å². The number of hydrogen-bond acceptors (Lipinski definition) is 5. The van der Waals surface area contributed by atoms with Crippen LogP contribution < -0.4 is 5.32 Å². The minimum absolute atomic E-state index is 0.00253. The van der Waals surface area contributed by atoms with Gasteiger partial charge in [0.1, 0.15) is 0 Å². The maximum absolute atomic E-state index is 13.4. The van der Waals surface area contributed by atoms with Gasteiger partial charge in [0, 0.05) is 18.6 Å². The van der Waals surface area contributed by atoms with E-state index in [1.54, 1.807) is 6.07 Å². The molecular weight excluding hydrogens is 304 g/mol. The third kappa shape index (κ3) is 3.11. The Bertz CT molecular complexity index is 702. The first-order valence-corrected chi connectivity index (χ1v) is 7.83. The number of benzene rings is 1. The van der Waals surface area contributed by atoms with Crippen LogP contribution in [-0.4, -0.2) is 22.8 Å². The van der Waals surface area contributed by atoms with Crippen LogP contribution in [0.25, 0.3) is 0 Å². The monoisotopic (exact) mass is 321 g/mol. The summed E-state index contributed by atoms with van der Waals surface area (Å²) >= 11 is 0. The Kier molecular flexibility index (Phi) is 3.82. The molecule has 2 heterocycles. The molecule has 1 saturated carbocycles.